The zero-order valence-corrected chi connectivity index (χ0v) is 30.9. The Morgan fingerprint density at radius 1 is 0.872 bits per heavy atom. The molecule has 1 unspecified atom stereocenters. The Balaban J connectivity index is 2.83. The molecule has 0 aliphatic rings. The van der Waals surface area contributed by atoms with Crippen molar-refractivity contribution in [3.05, 3.63) is 40.2 Å². The predicted octanol–water partition coefficient (Wildman–Crippen LogP) is 10.3. The zero-order valence-electron chi connectivity index (χ0n) is 27.1. The van der Waals surface area contributed by atoms with Crippen molar-refractivity contribution in [2.24, 2.45) is 0 Å². The molecular weight excluding hydrogens is 607 g/mol. The minimum absolute atomic E-state index is 0.0475. The van der Waals surface area contributed by atoms with Gasteiger partial charge in [0.05, 0.1) is 7.11 Å². The Hall–Kier alpha value is -0.504. The summed E-state index contributed by atoms with van der Waals surface area (Å²) in [6.45, 7) is 20.5. The van der Waals surface area contributed by atoms with E-state index in [0.717, 1.165) is 30.8 Å². The van der Waals surface area contributed by atoms with Crippen LogP contribution in [0.2, 0.25) is 31.4 Å². The van der Waals surface area contributed by atoms with Crippen molar-refractivity contribution in [3.63, 3.8) is 0 Å². The first kappa shape index (κ1) is 36.5. The molecule has 0 heterocycles. The van der Waals surface area contributed by atoms with Crippen LogP contribution in [0.5, 0.6) is 5.75 Å². The Labute approximate surface area is 247 Å². The first-order valence-corrected chi connectivity index (χ1v) is 26.3. The van der Waals surface area contributed by atoms with Gasteiger partial charge in [-0.15, -0.1) is 0 Å². The van der Waals surface area contributed by atoms with Gasteiger partial charge < -0.3 is 0 Å². The van der Waals surface area contributed by atoms with E-state index in [1.807, 2.05) is 12.1 Å². The van der Waals surface area contributed by atoms with Gasteiger partial charge in [-0.05, 0) is 0 Å². The number of hydrogen-bond acceptors (Lipinski definition) is 4. The van der Waals surface area contributed by atoms with Crippen LogP contribution in [0.3, 0.4) is 0 Å². The van der Waals surface area contributed by atoms with Crippen LogP contribution in [0.4, 0.5) is 0 Å². The Morgan fingerprint density at radius 2 is 1.44 bits per heavy atom. The van der Waals surface area contributed by atoms with E-state index in [2.05, 4.69) is 77.1 Å². The van der Waals surface area contributed by atoms with E-state index in [0.29, 0.717) is 13.2 Å². The van der Waals surface area contributed by atoms with Crippen molar-refractivity contribution in [1.29, 1.82) is 0 Å². The third-order valence-electron chi connectivity index (χ3n) is 8.47. The van der Waals surface area contributed by atoms with Crippen molar-refractivity contribution < 1.29 is 18.6 Å². The predicted molar refractivity (Wildman–Crippen MR) is 174 cm³/mol. The van der Waals surface area contributed by atoms with Crippen molar-refractivity contribution in [1.82, 2.24) is 0 Å². The van der Waals surface area contributed by atoms with Gasteiger partial charge in [-0.25, -0.2) is 0 Å². The first-order valence-electron chi connectivity index (χ1n) is 15.7. The molecule has 39 heavy (non-hydrogen) atoms. The van der Waals surface area contributed by atoms with E-state index in [1.54, 1.807) is 7.11 Å². The molecule has 0 N–H and O–H groups in total. The van der Waals surface area contributed by atoms with E-state index in [9.17, 15) is 0 Å². The van der Waals surface area contributed by atoms with Crippen LogP contribution in [0.25, 0.3) is 0 Å². The molecule has 0 saturated carbocycles. The van der Waals surface area contributed by atoms with Crippen LogP contribution in [0, 0.1) is 0 Å². The molecular formula is C33H62O4SiSn. The van der Waals surface area contributed by atoms with Gasteiger partial charge in [0, 0.05) is 0 Å². The molecule has 1 aromatic carbocycles. The van der Waals surface area contributed by atoms with Crippen LogP contribution in [0.15, 0.2) is 34.6 Å². The fraction of sp³-hybridized carbons (Fsp3) is 0.758. The summed E-state index contributed by atoms with van der Waals surface area (Å²) in [5, 5.41) is 0.233. The average Bonchev–Trinajstić information content (AvgIpc) is 2.91. The van der Waals surface area contributed by atoms with Gasteiger partial charge in [0.2, 0.25) is 0 Å². The molecule has 0 aliphatic carbocycles. The molecule has 226 valence electrons. The van der Waals surface area contributed by atoms with Crippen LogP contribution in [0.1, 0.15) is 98.5 Å². The summed E-state index contributed by atoms with van der Waals surface area (Å²) < 4.78 is 31.4. The molecule has 1 atom stereocenters. The van der Waals surface area contributed by atoms with Gasteiger partial charge in [0.25, 0.3) is 0 Å². The monoisotopic (exact) mass is 670 g/mol. The summed E-state index contributed by atoms with van der Waals surface area (Å²) in [5.74, 6) is 0.871. The van der Waals surface area contributed by atoms with Crippen LogP contribution in [-0.4, -0.2) is 53.1 Å². The van der Waals surface area contributed by atoms with E-state index in [4.69, 9.17) is 18.6 Å². The third kappa shape index (κ3) is 14.8. The normalized spacial score (nSPS) is 13.7. The first-order chi connectivity index (χ1) is 18.5. The molecule has 0 bridgehead atoms. The second-order valence-electron chi connectivity index (χ2n) is 12.8. The molecule has 1 rings (SSSR count). The Morgan fingerprint density at radius 3 is 1.92 bits per heavy atom. The number of hydrogen-bond donors (Lipinski definition) is 0. The number of methoxy groups -OCH3 is 1. The molecule has 0 fully saturated rings. The third-order valence-corrected chi connectivity index (χ3v) is 27.0. The van der Waals surface area contributed by atoms with Crippen molar-refractivity contribution >= 4 is 26.7 Å². The molecule has 0 aliphatic heterocycles. The van der Waals surface area contributed by atoms with Gasteiger partial charge in [-0.2, -0.15) is 0 Å². The summed E-state index contributed by atoms with van der Waals surface area (Å²) in [5.41, 5.74) is 1.16. The number of ether oxygens (including phenoxy) is 3. The van der Waals surface area contributed by atoms with E-state index in [-0.39, 0.29) is 11.1 Å². The quantitative estimate of drug-likeness (QED) is 0.0700. The molecule has 1 aromatic rings. The number of unbranched alkanes of at least 4 members (excludes halogenated alkanes) is 3. The molecule has 0 spiro atoms. The SMILES string of the molecule is CCC[CH2][Sn](/[CH]=C/OCC(CCCO[Si](C)(C)C(C)(C)C)OCc1ccc(OC)cc1)([CH2]CCC)[CH2]CCC. The van der Waals surface area contributed by atoms with Gasteiger partial charge >= 0.3 is 242 Å². The Kier molecular flexibility index (Phi) is 18.3. The molecule has 4 nitrogen and oxygen atoms in total. The van der Waals surface area contributed by atoms with Gasteiger partial charge in [-0.1, -0.05) is 0 Å². The second-order valence-corrected chi connectivity index (χ2v) is 30.7. The number of benzene rings is 1. The fourth-order valence-electron chi connectivity index (χ4n) is 4.57. The van der Waals surface area contributed by atoms with Crippen LogP contribution < -0.4 is 4.74 Å². The second kappa shape index (κ2) is 19.6. The fourth-order valence-corrected chi connectivity index (χ4v) is 19.4. The summed E-state index contributed by atoms with van der Waals surface area (Å²) >= 11 is -2.33. The molecule has 6 heteroatoms. The molecule has 0 aromatic heterocycles. The minimum atomic E-state index is -2.33. The summed E-state index contributed by atoms with van der Waals surface area (Å²) in [6, 6.07) is 8.15. The van der Waals surface area contributed by atoms with E-state index in [1.165, 1.54) is 51.8 Å². The molecule has 0 amide bonds. The maximum absolute atomic E-state index is 6.44. The van der Waals surface area contributed by atoms with E-state index >= 15 is 0 Å². The maximum atomic E-state index is 6.44. The summed E-state index contributed by atoms with van der Waals surface area (Å²) in [4.78, 5) is 0. The summed E-state index contributed by atoms with van der Waals surface area (Å²) in [7, 11) is -0.0326. The average molecular weight is 670 g/mol. The standard InChI is InChI=1S/C21H35O4Si.3C4H9.Sn/c1-8-23-17-20(10-9-15-25-26(6,7)21(2,3)4)24-16-18-11-13-19(22-5)14-12-18;3*1-3-4-2;/h1,8,11-14,20H,9-10,15-17H2,2-7H3;3*1,3-4H2,2H3;. The van der Waals surface area contributed by atoms with Gasteiger partial charge in [0.15, 0.2) is 0 Å². The number of rotatable bonds is 22. The molecule has 0 saturated heterocycles. The van der Waals surface area contributed by atoms with Crippen molar-refractivity contribution in [3.8, 4) is 5.75 Å². The van der Waals surface area contributed by atoms with Gasteiger partial charge in [0.1, 0.15) is 0 Å². The van der Waals surface area contributed by atoms with Crippen molar-refractivity contribution in [2.75, 3.05) is 20.3 Å². The Bertz CT molecular complexity index is 751. The van der Waals surface area contributed by atoms with Crippen LogP contribution >= 0.6 is 0 Å². The van der Waals surface area contributed by atoms with E-state index < -0.39 is 26.7 Å². The van der Waals surface area contributed by atoms with Crippen molar-refractivity contribution in [2.45, 2.75) is 137 Å². The zero-order chi connectivity index (χ0) is 29.2. The van der Waals surface area contributed by atoms with Gasteiger partial charge in [-0.3, -0.25) is 0 Å². The molecule has 0 radical (unpaired) electrons. The topological polar surface area (TPSA) is 36.9 Å². The summed E-state index contributed by atoms with van der Waals surface area (Å²) in [6.07, 6.45) is 12.1. The van der Waals surface area contributed by atoms with Crippen LogP contribution in [-0.2, 0) is 20.5 Å².